The summed E-state index contributed by atoms with van der Waals surface area (Å²) in [5.74, 6) is 1.31. The van der Waals surface area contributed by atoms with Gasteiger partial charge >= 0.3 is 6.18 Å². The zero-order chi connectivity index (χ0) is 14.2. The van der Waals surface area contributed by atoms with Crippen LogP contribution in [0.1, 0.15) is 36.3 Å². The molecule has 0 spiro atoms. The minimum absolute atomic E-state index is 0.336. The van der Waals surface area contributed by atoms with Gasteiger partial charge in [0.05, 0.1) is 12.2 Å². The molecule has 1 fully saturated rings. The number of benzene rings is 1. The lowest BCUT2D eigenvalue weighted by Crippen LogP contribution is -2.32. The molecule has 0 aliphatic carbocycles. The molecule has 110 valence electrons. The zero-order valence-electron chi connectivity index (χ0n) is 11.2. The Bertz CT molecular complexity index is 480. The summed E-state index contributed by atoms with van der Waals surface area (Å²) >= 11 is 0. The van der Waals surface area contributed by atoms with Crippen LogP contribution in [0.15, 0.2) is 18.2 Å². The summed E-state index contributed by atoms with van der Waals surface area (Å²) in [4.78, 5) is 0. The van der Waals surface area contributed by atoms with Crippen molar-refractivity contribution >= 4 is 0 Å². The molecule has 2 aliphatic rings. The third-order valence-electron chi connectivity index (χ3n) is 4.38. The predicted octanol–water partition coefficient (Wildman–Crippen LogP) is 3.57. The smallest absolute Gasteiger partial charge is 0.416 e. The van der Waals surface area contributed by atoms with Crippen molar-refractivity contribution < 1.29 is 17.9 Å². The number of nitrogens with one attached hydrogen (secondary N) is 1. The van der Waals surface area contributed by atoms with Gasteiger partial charge in [0.25, 0.3) is 0 Å². The van der Waals surface area contributed by atoms with Gasteiger partial charge in [0.15, 0.2) is 0 Å². The van der Waals surface area contributed by atoms with Crippen LogP contribution in [0.3, 0.4) is 0 Å². The molecule has 1 aromatic rings. The van der Waals surface area contributed by atoms with Crippen molar-refractivity contribution in [3.63, 3.8) is 0 Å². The number of alkyl halides is 3. The standard InChI is InChI=1S/C15H18F3NO/c16-15(17,18)11-1-2-13-12(5-8-20-14(13)9-11)10-3-6-19-7-4-10/h1-2,9-10,12,19H,3-8H2. The van der Waals surface area contributed by atoms with E-state index in [0.717, 1.165) is 44.0 Å². The Hall–Kier alpha value is -1.23. The summed E-state index contributed by atoms with van der Waals surface area (Å²) in [6, 6.07) is 3.95. The van der Waals surface area contributed by atoms with E-state index < -0.39 is 11.7 Å². The molecule has 1 atom stereocenters. The highest BCUT2D eigenvalue weighted by Crippen LogP contribution is 2.43. The van der Waals surface area contributed by atoms with E-state index >= 15 is 0 Å². The summed E-state index contributed by atoms with van der Waals surface area (Å²) in [7, 11) is 0. The molecule has 2 aliphatic heterocycles. The van der Waals surface area contributed by atoms with Crippen molar-refractivity contribution in [2.45, 2.75) is 31.4 Å². The van der Waals surface area contributed by atoms with Crippen LogP contribution in [0.2, 0.25) is 0 Å². The number of ether oxygens (including phenoxy) is 1. The Kier molecular flexibility index (Phi) is 3.63. The van der Waals surface area contributed by atoms with Crippen molar-refractivity contribution in [1.82, 2.24) is 5.32 Å². The average molecular weight is 285 g/mol. The van der Waals surface area contributed by atoms with Crippen molar-refractivity contribution in [2.75, 3.05) is 19.7 Å². The molecule has 0 amide bonds. The van der Waals surface area contributed by atoms with Gasteiger partial charge in [-0.2, -0.15) is 13.2 Å². The fraction of sp³-hybridized carbons (Fsp3) is 0.600. The number of halogens is 3. The van der Waals surface area contributed by atoms with Crippen LogP contribution in [0.5, 0.6) is 5.75 Å². The summed E-state index contributed by atoms with van der Waals surface area (Å²) in [6.45, 7) is 2.51. The van der Waals surface area contributed by atoms with E-state index in [4.69, 9.17) is 4.74 Å². The number of rotatable bonds is 1. The van der Waals surface area contributed by atoms with E-state index in [2.05, 4.69) is 5.32 Å². The average Bonchev–Trinajstić information content (AvgIpc) is 2.46. The van der Waals surface area contributed by atoms with Crippen molar-refractivity contribution in [1.29, 1.82) is 0 Å². The highest BCUT2D eigenvalue weighted by Gasteiger charge is 2.34. The molecule has 1 N–H and O–H groups in total. The topological polar surface area (TPSA) is 21.3 Å². The first-order chi connectivity index (χ1) is 9.55. The molecule has 0 bridgehead atoms. The van der Waals surface area contributed by atoms with E-state index in [1.807, 2.05) is 0 Å². The largest absolute Gasteiger partial charge is 0.493 e. The van der Waals surface area contributed by atoms with Gasteiger partial charge < -0.3 is 10.1 Å². The van der Waals surface area contributed by atoms with Crippen molar-refractivity contribution in [3.8, 4) is 5.75 Å². The Morgan fingerprint density at radius 3 is 2.55 bits per heavy atom. The molecule has 5 heteroatoms. The Labute approximate surface area is 116 Å². The van der Waals surface area contributed by atoms with Gasteiger partial charge in [-0.05, 0) is 61.9 Å². The molecular formula is C15H18F3NO. The third kappa shape index (κ3) is 2.64. The summed E-state index contributed by atoms with van der Waals surface area (Å²) in [5, 5.41) is 3.33. The number of hydrogen-bond acceptors (Lipinski definition) is 2. The molecular weight excluding hydrogens is 267 g/mol. The first kappa shape index (κ1) is 13.7. The van der Waals surface area contributed by atoms with Gasteiger partial charge in [0, 0.05) is 0 Å². The second kappa shape index (κ2) is 5.28. The number of piperidine rings is 1. The maximum absolute atomic E-state index is 12.7. The Balaban J connectivity index is 1.89. The second-order valence-electron chi connectivity index (χ2n) is 5.58. The lowest BCUT2D eigenvalue weighted by Gasteiger charge is -2.35. The quantitative estimate of drug-likeness (QED) is 0.851. The molecule has 1 aromatic carbocycles. The van der Waals surface area contributed by atoms with E-state index in [9.17, 15) is 13.2 Å². The van der Waals surface area contributed by atoms with Crippen LogP contribution in [-0.2, 0) is 6.18 Å². The molecule has 2 heterocycles. The summed E-state index contributed by atoms with van der Waals surface area (Å²) in [6.07, 6.45) is -1.22. The molecule has 2 nitrogen and oxygen atoms in total. The third-order valence-corrected chi connectivity index (χ3v) is 4.38. The minimum Gasteiger partial charge on any atom is -0.493 e. The maximum Gasteiger partial charge on any atom is 0.416 e. The molecule has 0 radical (unpaired) electrons. The van der Waals surface area contributed by atoms with Crippen LogP contribution < -0.4 is 10.1 Å². The van der Waals surface area contributed by atoms with E-state index in [-0.39, 0.29) is 0 Å². The van der Waals surface area contributed by atoms with E-state index in [0.29, 0.717) is 24.2 Å². The molecule has 20 heavy (non-hydrogen) atoms. The Morgan fingerprint density at radius 1 is 1.10 bits per heavy atom. The van der Waals surface area contributed by atoms with Crippen LogP contribution >= 0.6 is 0 Å². The minimum atomic E-state index is -4.31. The fourth-order valence-electron chi connectivity index (χ4n) is 3.33. The number of hydrogen-bond donors (Lipinski definition) is 1. The molecule has 0 saturated carbocycles. The van der Waals surface area contributed by atoms with Crippen molar-refractivity contribution in [2.24, 2.45) is 5.92 Å². The summed E-state index contributed by atoms with van der Waals surface area (Å²) < 4.78 is 43.7. The number of fused-ring (bicyclic) bond motifs is 1. The monoisotopic (exact) mass is 285 g/mol. The van der Waals surface area contributed by atoms with Crippen molar-refractivity contribution in [3.05, 3.63) is 29.3 Å². The lowest BCUT2D eigenvalue weighted by molar-refractivity contribution is -0.137. The predicted molar refractivity (Wildman–Crippen MR) is 69.9 cm³/mol. The normalized spacial score (nSPS) is 24.1. The zero-order valence-corrected chi connectivity index (χ0v) is 11.2. The van der Waals surface area contributed by atoms with Crippen LogP contribution in [0.4, 0.5) is 13.2 Å². The maximum atomic E-state index is 12.7. The van der Waals surface area contributed by atoms with Gasteiger partial charge in [-0.25, -0.2) is 0 Å². The molecule has 1 saturated heterocycles. The van der Waals surface area contributed by atoms with E-state index in [1.54, 1.807) is 6.07 Å². The SMILES string of the molecule is FC(F)(F)c1ccc2c(c1)OCCC2C1CCNCC1. The Morgan fingerprint density at radius 2 is 1.85 bits per heavy atom. The van der Waals surface area contributed by atoms with Gasteiger partial charge in [0.1, 0.15) is 5.75 Å². The van der Waals surface area contributed by atoms with Crippen LogP contribution in [0.25, 0.3) is 0 Å². The molecule has 0 aromatic heterocycles. The fourth-order valence-corrected chi connectivity index (χ4v) is 3.33. The molecule has 3 rings (SSSR count). The lowest BCUT2D eigenvalue weighted by atomic mass is 9.77. The highest BCUT2D eigenvalue weighted by atomic mass is 19.4. The van der Waals surface area contributed by atoms with Gasteiger partial charge in [-0.1, -0.05) is 6.07 Å². The van der Waals surface area contributed by atoms with Gasteiger partial charge in [0.2, 0.25) is 0 Å². The van der Waals surface area contributed by atoms with Crippen LogP contribution in [-0.4, -0.2) is 19.7 Å². The highest BCUT2D eigenvalue weighted by molar-refractivity contribution is 5.42. The molecule has 1 unspecified atom stereocenters. The second-order valence-corrected chi connectivity index (χ2v) is 5.58. The van der Waals surface area contributed by atoms with Crippen LogP contribution in [0, 0.1) is 5.92 Å². The first-order valence-electron chi connectivity index (χ1n) is 7.10. The van der Waals surface area contributed by atoms with Gasteiger partial charge in [-0.15, -0.1) is 0 Å². The summed E-state index contributed by atoms with van der Waals surface area (Å²) in [5.41, 5.74) is 0.332. The van der Waals surface area contributed by atoms with E-state index in [1.165, 1.54) is 6.07 Å². The first-order valence-corrected chi connectivity index (χ1v) is 7.10. The van der Waals surface area contributed by atoms with Gasteiger partial charge in [-0.3, -0.25) is 0 Å².